The number of fused-ring (bicyclic) bond motifs is 1. The number of aryl methyl sites for hydroxylation is 1. The number of hydrogen-bond acceptors (Lipinski definition) is 2. The van der Waals surface area contributed by atoms with E-state index >= 15 is 0 Å². The number of aromatic nitrogens is 1. The van der Waals surface area contributed by atoms with E-state index in [1.54, 1.807) is 60.2 Å². The fourth-order valence-electron chi connectivity index (χ4n) is 3.45. The van der Waals surface area contributed by atoms with E-state index < -0.39 is 11.8 Å². The highest BCUT2D eigenvalue weighted by Gasteiger charge is 2.23. The molecule has 0 aliphatic rings. The van der Waals surface area contributed by atoms with Crippen LogP contribution in [-0.4, -0.2) is 21.4 Å². The molecule has 29 heavy (non-hydrogen) atoms. The van der Waals surface area contributed by atoms with Gasteiger partial charge in [-0.15, -0.1) is 0 Å². The molecule has 0 fully saturated rings. The first-order chi connectivity index (χ1) is 13.9. The van der Waals surface area contributed by atoms with E-state index in [1.165, 1.54) is 18.2 Å². The largest absolute Gasteiger partial charge is 0.478 e. The van der Waals surface area contributed by atoms with Gasteiger partial charge in [-0.2, -0.15) is 0 Å². The van der Waals surface area contributed by atoms with Crippen LogP contribution in [0.5, 0.6) is 0 Å². The summed E-state index contributed by atoms with van der Waals surface area (Å²) in [5.74, 6) is -1.93. The second-order valence-electron chi connectivity index (χ2n) is 6.66. The standard InChI is InChI=1S/C23H15ClFNO3/c1-13-4-2-5-17(24)20(13)22(27)16-12-26(19-7-3-6-18(25)21(16)19)15-10-8-14(9-11-15)23(28)29/h2-12H,1H3,(H,28,29). The molecule has 6 heteroatoms. The van der Waals surface area contributed by atoms with Crippen molar-refractivity contribution in [3.05, 3.63) is 100.0 Å². The van der Waals surface area contributed by atoms with Crippen molar-refractivity contribution < 1.29 is 19.1 Å². The summed E-state index contributed by atoms with van der Waals surface area (Å²) in [6, 6.07) is 15.9. The number of aromatic carboxylic acids is 1. The van der Waals surface area contributed by atoms with Crippen LogP contribution >= 0.6 is 11.6 Å². The molecule has 0 spiro atoms. The van der Waals surface area contributed by atoms with Crippen molar-refractivity contribution in [3.8, 4) is 5.69 Å². The van der Waals surface area contributed by atoms with Crippen molar-refractivity contribution in [3.63, 3.8) is 0 Å². The average Bonchev–Trinajstić information content (AvgIpc) is 3.09. The fraction of sp³-hybridized carbons (Fsp3) is 0.0435. The molecule has 0 unspecified atom stereocenters. The maximum Gasteiger partial charge on any atom is 0.335 e. The van der Waals surface area contributed by atoms with E-state index in [1.807, 2.05) is 0 Å². The Kier molecular flexibility index (Phi) is 4.68. The summed E-state index contributed by atoms with van der Waals surface area (Å²) in [5.41, 5.74) is 2.47. The van der Waals surface area contributed by atoms with Crippen LogP contribution in [0.4, 0.5) is 4.39 Å². The molecule has 0 saturated carbocycles. The number of hydrogen-bond donors (Lipinski definition) is 1. The molecular weight excluding hydrogens is 393 g/mol. The van der Waals surface area contributed by atoms with E-state index in [2.05, 4.69) is 0 Å². The Morgan fingerprint density at radius 1 is 1.00 bits per heavy atom. The number of carbonyl (C=O) groups excluding carboxylic acids is 1. The summed E-state index contributed by atoms with van der Waals surface area (Å²) in [7, 11) is 0. The number of carboxylic acid groups (broad SMARTS) is 1. The lowest BCUT2D eigenvalue weighted by Crippen LogP contribution is -2.04. The highest BCUT2D eigenvalue weighted by molar-refractivity contribution is 6.35. The summed E-state index contributed by atoms with van der Waals surface area (Å²) >= 11 is 6.26. The van der Waals surface area contributed by atoms with Crippen molar-refractivity contribution in [2.75, 3.05) is 0 Å². The molecule has 3 aromatic carbocycles. The first kappa shape index (κ1) is 18.9. The Balaban J connectivity index is 1.95. The second kappa shape index (κ2) is 7.18. The predicted molar refractivity (Wildman–Crippen MR) is 110 cm³/mol. The number of carboxylic acids is 1. The molecule has 4 rings (SSSR count). The minimum Gasteiger partial charge on any atom is -0.478 e. The summed E-state index contributed by atoms with van der Waals surface area (Å²) in [5, 5.41) is 9.59. The third-order valence-electron chi connectivity index (χ3n) is 4.86. The molecule has 0 aliphatic carbocycles. The molecule has 1 heterocycles. The zero-order valence-corrected chi connectivity index (χ0v) is 16.1. The first-order valence-corrected chi connectivity index (χ1v) is 9.19. The van der Waals surface area contributed by atoms with Crippen molar-refractivity contribution in [2.45, 2.75) is 6.92 Å². The molecule has 144 valence electrons. The zero-order chi connectivity index (χ0) is 20.7. The highest BCUT2D eigenvalue weighted by atomic mass is 35.5. The smallest absolute Gasteiger partial charge is 0.335 e. The van der Waals surface area contributed by atoms with Crippen molar-refractivity contribution in [1.29, 1.82) is 0 Å². The Hall–Kier alpha value is -3.44. The molecular formula is C23H15ClFNO3. The normalized spacial score (nSPS) is 11.0. The minimum absolute atomic E-state index is 0.138. The lowest BCUT2D eigenvalue weighted by Gasteiger charge is -2.06. The third kappa shape index (κ3) is 3.19. The van der Waals surface area contributed by atoms with Crippen LogP contribution in [0.25, 0.3) is 16.6 Å². The number of rotatable bonds is 4. The van der Waals surface area contributed by atoms with E-state index in [0.717, 1.165) is 0 Å². The number of nitrogens with zero attached hydrogens (tertiary/aromatic N) is 1. The van der Waals surface area contributed by atoms with Gasteiger partial charge in [-0.1, -0.05) is 29.8 Å². The van der Waals surface area contributed by atoms with Crippen LogP contribution in [0, 0.1) is 12.7 Å². The van der Waals surface area contributed by atoms with Crippen molar-refractivity contribution in [1.82, 2.24) is 4.57 Å². The lowest BCUT2D eigenvalue weighted by atomic mass is 9.98. The Morgan fingerprint density at radius 3 is 2.34 bits per heavy atom. The molecule has 1 aromatic heterocycles. The molecule has 0 bridgehead atoms. The van der Waals surface area contributed by atoms with Gasteiger partial charge in [-0.25, -0.2) is 9.18 Å². The van der Waals surface area contributed by atoms with Gasteiger partial charge in [0.15, 0.2) is 5.78 Å². The molecule has 0 saturated heterocycles. The molecule has 0 atom stereocenters. The van der Waals surface area contributed by atoms with Gasteiger partial charge >= 0.3 is 5.97 Å². The minimum atomic E-state index is -1.04. The highest BCUT2D eigenvalue weighted by Crippen LogP contribution is 2.31. The summed E-state index contributed by atoms with van der Waals surface area (Å²) < 4.78 is 16.4. The van der Waals surface area contributed by atoms with Gasteiger partial charge in [0.25, 0.3) is 0 Å². The van der Waals surface area contributed by atoms with Gasteiger partial charge in [0.05, 0.1) is 21.7 Å². The van der Waals surface area contributed by atoms with Crippen LogP contribution in [0.2, 0.25) is 5.02 Å². The quantitative estimate of drug-likeness (QED) is 0.444. The van der Waals surface area contributed by atoms with Crippen molar-refractivity contribution >= 4 is 34.3 Å². The molecule has 4 aromatic rings. The molecule has 0 radical (unpaired) electrons. The van der Waals surface area contributed by atoms with E-state index in [4.69, 9.17) is 16.7 Å². The zero-order valence-electron chi connectivity index (χ0n) is 15.3. The van der Waals surface area contributed by atoms with Gasteiger partial charge in [-0.05, 0) is 55.0 Å². The van der Waals surface area contributed by atoms with Gasteiger partial charge < -0.3 is 9.67 Å². The van der Waals surface area contributed by atoms with Crippen LogP contribution in [-0.2, 0) is 0 Å². The van der Waals surface area contributed by atoms with Crippen molar-refractivity contribution in [2.24, 2.45) is 0 Å². The van der Waals surface area contributed by atoms with Gasteiger partial charge in [0, 0.05) is 22.8 Å². The van der Waals surface area contributed by atoms with Gasteiger partial charge in [0.2, 0.25) is 0 Å². The average molecular weight is 408 g/mol. The van der Waals surface area contributed by atoms with E-state index in [9.17, 15) is 14.0 Å². The van der Waals surface area contributed by atoms with Gasteiger partial charge in [-0.3, -0.25) is 4.79 Å². The number of ketones is 1. The maximum absolute atomic E-state index is 14.7. The fourth-order valence-corrected chi connectivity index (χ4v) is 3.76. The third-order valence-corrected chi connectivity index (χ3v) is 5.18. The Morgan fingerprint density at radius 2 is 1.69 bits per heavy atom. The number of carbonyl (C=O) groups is 2. The predicted octanol–water partition coefficient (Wildman–Crippen LogP) is 5.66. The SMILES string of the molecule is Cc1cccc(Cl)c1C(=O)c1cn(-c2ccc(C(=O)O)cc2)c2cccc(F)c12. The Labute approximate surface area is 170 Å². The van der Waals surface area contributed by atoms with Gasteiger partial charge in [0.1, 0.15) is 5.82 Å². The molecule has 0 aliphatic heterocycles. The Bertz CT molecular complexity index is 1260. The summed E-state index contributed by atoms with van der Waals surface area (Å²) in [4.78, 5) is 24.4. The molecule has 1 N–H and O–H groups in total. The monoisotopic (exact) mass is 407 g/mol. The van der Waals surface area contributed by atoms with Crippen LogP contribution in [0.3, 0.4) is 0 Å². The first-order valence-electron chi connectivity index (χ1n) is 8.81. The van der Waals surface area contributed by atoms with E-state index in [-0.39, 0.29) is 22.3 Å². The van der Waals surface area contributed by atoms with E-state index in [0.29, 0.717) is 27.4 Å². The lowest BCUT2D eigenvalue weighted by molar-refractivity contribution is 0.0696. The van der Waals surface area contributed by atoms with Crippen LogP contribution in [0.15, 0.2) is 66.9 Å². The topological polar surface area (TPSA) is 59.3 Å². The second-order valence-corrected chi connectivity index (χ2v) is 7.07. The summed E-state index contributed by atoms with van der Waals surface area (Å²) in [6.45, 7) is 1.78. The molecule has 4 nitrogen and oxygen atoms in total. The maximum atomic E-state index is 14.7. The van der Waals surface area contributed by atoms with Crippen LogP contribution in [0.1, 0.15) is 31.8 Å². The number of benzene rings is 3. The number of halogens is 2. The molecule has 0 amide bonds. The van der Waals surface area contributed by atoms with Crippen LogP contribution < -0.4 is 0 Å². The summed E-state index contributed by atoms with van der Waals surface area (Å²) in [6.07, 6.45) is 1.56.